The topological polar surface area (TPSA) is 190 Å². The van der Waals surface area contributed by atoms with E-state index in [1.54, 1.807) is 0 Å². The standard InChI is InChI=1S/C12H22O11/c13-1-3-5(15)7(17)9(19)11(21-3)23-12-10(20)8(18)6(16)4(2-14)22-12/h3-20H,1-2H2/t3-,4-,5-,6-,7-,8+,9-,10-,11-,12-/m1/s1. The Hall–Kier alpha value is -0.440. The first-order valence-corrected chi connectivity index (χ1v) is 7.08. The Labute approximate surface area is 130 Å². The van der Waals surface area contributed by atoms with Gasteiger partial charge in [-0.3, -0.25) is 0 Å². The molecule has 0 saturated carbocycles. The number of rotatable bonds is 4. The fraction of sp³-hybridized carbons (Fsp3) is 1.00. The third-order valence-corrected chi connectivity index (χ3v) is 3.97. The predicted molar refractivity (Wildman–Crippen MR) is 68.6 cm³/mol. The highest BCUT2D eigenvalue weighted by Crippen LogP contribution is 2.27. The van der Waals surface area contributed by atoms with Crippen molar-refractivity contribution in [1.29, 1.82) is 0 Å². The van der Waals surface area contributed by atoms with Crippen LogP contribution in [-0.2, 0) is 14.2 Å². The molecule has 2 aliphatic rings. The summed E-state index contributed by atoms with van der Waals surface area (Å²) in [5.41, 5.74) is 0. The normalized spacial score (nSPS) is 51.7. The lowest BCUT2D eigenvalue weighted by molar-refractivity contribution is -0.376. The third kappa shape index (κ3) is 3.65. The fourth-order valence-electron chi connectivity index (χ4n) is 2.49. The number of hydrogen-bond acceptors (Lipinski definition) is 11. The molecule has 136 valence electrons. The van der Waals surface area contributed by atoms with Crippen molar-refractivity contribution in [2.24, 2.45) is 0 Å². The SMILES string of the molecule is OC[C@H]1O[C@H](O[C@H]2O[C@H](CO)[C@@H](O)[C@@H](O)[C@H]2O)[C@H](O)[C@@H](O)[C@@H]1O. The highest BCUT2D eigenvalue weighted by atomic mass is 16.8. The van der Waals surface area contributed by atoms with E-state index in [-0.39, 0.29) is 0 Å². The molecular weight excluding hydrogens is 320 g/mol. The zero-order chi connectivity index (χ0) is 17.3. The Morgan fingerprint density at radius 1 is 0.565 bits per heavy atom. The molecule has 2 rings (SSSR count). The Morgan fingerprint density at radius 3 is 1.22 bits per heavy atom. The second-order valence-electron chi connectivity index (χ2n) is 5.53. The van der Waals surface area contributed by atoms with Crippen LogP contribution in [0.5, 0.6) is 0 Å². The van der Waals surface area contributed by atoms with E-state index in [2.05, 4.69) is 0 Å². The molecule has 11 heteroatoms. The molecule has 0 radical (unpaired) electrons. The van der Waals surface area contributed by atoms with Gasteiger partial charge in [0.1, 0.15) is 48.8 Å². The average Bonchev–Trinajstić information content (AvgIpc) is 2.55. The lowest BCUT2D eigenvalue weighted by atomic mass is 9.98. The van der Waals surface area contributed by atoms with Crippen LogP contribution in [0.1, 0.15) is 0 Å². The highest BCUT2D eigenvalue weighted by Gasteiger charge is 2.49. The molecule has 2 heterocycles. The first kappa shape index (κ1) is 18.9. The maximum absolute atomic E-state index is 9.84. The first-order valence-electron chi connectivity index (χ1n) is 7.08. The smallest absolute Gasteiger partial charge is 0.189 e. The van der Waals surface area contributed by atoms with E-state index in [1.807, 2.05) is 0 Å². The minimum atomic E-state index is -1.72. The van der Waals surface area contributed by atoms with Gasteiger partial charge in [-0.2, -0.15) is 0 Å². The summed E-state index contributed by atoms with van der Waals surface area (Å²) >= 11 is 0. The summed E-state index contributed by atoms with van der Waals surface area (Å²) < 4.78 is 15.3. The van der Waals surface area contributed by atoms with Gasteiger partial charge in [-0.15, -0.1) is 0 Å². The van der Waals surface area contributed by atoms with Crippen molar-refractivity contribution in [3.63, 3.8) is 0 Å². The number of hydrogen-bond donors (Lipinski definition) is 8. The van der Waals surface area contributed by atoms with Crippen molar-refractivity contribution in [2.45, 2.75) is 61.4 Å². The van der Waals surface area contributed by atoms with Crippen LogP contribution in [0.3, 0.4) is 0 Å². The van der Waals surface area contributed by atoms with Gasteiger partial charge in [0, 0.05) is 0 Å². The van der Waals surface area contributed by atoms with Crippen LogP contribution in [-0.4, -0.2) is 115 Å². The van der Waals surface area contributed by atoms with E-state index in [0.717, 1.165) is 0 Å². The molecule has 8 N–H and O–H groups in total. The van der Waals surface area contributed by atoms with Crippen LogP contribution >= 0.6 is 0 Å². The van der Waals surface area contributed by atoms with Crippen molar-refractivity contribution in [2.75, 3.05) is 13.2 Å². The second-order valence-corrected chi connectivity index (χ2v) is 5.53. The van der Waals surface area contributed by atoms with Gasteiger partial charge >= 0.3 is 0 Å². The van der Waals surface area contributed by atoms with Crippen LogP contribution in [0.2, 0.25) is 0 Å². The van der Waals surface area contributed by atoms with Crippen molar-refractivity contribution in [3.05, 3.63) is 0 Å². The summed E-state index contributed by atoms with van der Waals surface area (Å²) in [5.74, 6) is 0. The Kier molecular flexibility index (Phi) is 6.27. The van der Waals surface area contributed by atoms with E-state index in [4.69, 9.17) is 24.4 Å². The molecule has 11 nitrogen and oxygen atoms in total. The van der Waals surface area contributed by atoms with Crippen molar-refractivity contribution in [3.8, 4) is 0 Å². The summed E-state index contributed by atoms with van der Waals surface area (Å²) in [6, 6.07) is 0. The first-order chi connectivity index (χ1) is 10.8. The number of aliphatic hydroxyl groups excluding tert-OH is 8. The van der Waals surface area contributed by atoms with Gasteiger partial charge in [0.05, 0.1) is 13.2 Å². The quantitative estimate of drug-likeness (QED) is 0.243. The summed E-state index contributed by atoms with van der Waals surface area (Å²) in [6.07, 6.45) is -15.6. The lowest BCUT2D eigenvalue weighted by Gasteiger charge is -2.44. The van der Waals surface area contributed by atoms with Crippen LogP contribution < -0.4 is 0 Å². The summed E-state index contributed by atoms with van der Waals surface area (Å²) in [5, 5.41) is 76.4. The van der Waals surface area contributed by atoms with Gasteiger partial charge in [0.15, 0.2) is 12.6 Å². The maximum Gasteiger partial charge on any atom is 0.189 e. The molecule has 0 spiro atoms. The largest absolute Gasteiger partial charge is 0.394 e. The molecule has 0 aromatic rings. The van der Waals surface area contributed by atoms with Crippen LogP contribution in [0.4, 0.5) is 0 Å². The maximum atomic E-state index is 9.84. The molecule has 0 bridgehead atoms. The summed E-state index contributed by atoms with van der Waals surface area (Å²) in [4.78, 5) is 0. The van der Waals surface area contributed by atoms with Gasteiger partial charge in [-0.1, -0.05) is 0 Å². The summed E-state index contributed by atoms with van der Waals surface area (Å²) in [7, 11) is 0. The molecule has 2 aliphatic heterocycles. The van der Waals surface area contributed by atoms with Gasteiger partial charge in [-0.25, -0.2) is 0 Å². The Bertz CT molecular complexity index is 344. The molecule has 10 atom stereocenters. The molecule has 0 aromatic carbocycles. The van der Waals surface area contributed by atoms with Crippen LogP contribution in [0.15, 0.2) is 0 Å². The van der Waals surface area contributed by atoms with Gasteiger partial charge in [0.25, 0.3) is 0 Å². The molecule has 2 fully saturated rings. The van der Waals surface area contributed by atoms with Gasteiger partial charge in [0.2, 0.25) is 0 Å². The van der Waals surface area contributed by atoms with Crippen molar-refractivity contribution < 1.29 is 55.1 Å². The van der Waals surface area contributed by atoms with Gasteiger partial charge in [-0.05, 0) is 0 Å². The molecule has 0 aliphatic carbocycles. The molecular formula is C12H22O11. The number of ether oxygens (including phenoxy) is 3. The number of aliphatic hydroxyl groups is 8. The van der Waals surface area contributed by atoms with E-state index < -0.39 is 74.6 Å². The van der Waals surface area contributed by atoms with E-state index in [1.165, 1.54) is 0 Å². The van der Waals surface area contributed by atoms with Crippen LogP contribution in [0, 0.1) is 0 Å². The minimum absolute atomic E-state index is 0.667. The molecule has 0 amide bonds. The fourth-order valence-corrected chi connectivity index (χ4v) is 2.49. The van der Waals surface area contributed by atoms with Gasteiger partial charge < -0.3 is 55.1 Å². The monoisotopic (exact) mass is 342 g/mol. The Balaban J connectivity index is 2.07. The zero-order valence-corrected chi connectivity index (χ0v) is 12.0. The van der Waals surface area contributed by atoms with E-state index in [0.29, 0.717) is 0 Å². The second kappa shape index (κ2) is 7.63. The third-order valence-electron chi connectivity index (χ3n) is 3.97. The Morgan fingerprint density at radius 2 is 0.913 bits per heavy atom. The van der Waals surface area contributed by atoms with Crippen molar-refractivity contribution in [1.82, 2.24) is 0 Å². The summed E-state index contributed by atoms with van der Waals surface area (Å²) in [6.45, 7) is -1.33. The van der Waals surface area contributed by atoms with E-state index >= 15 is 0 Å². The average molecular weight is 342 g/mol. The van der Waals surface area contributed by atoms with Crippen molar-refractivity contribution >= 4 is 0 Å². The zero-order valence-electron chi connectivity index (χ0n) is 12.0. The molecule has 2 saturated heterocycles. The lowest BCUT2D eigenvalue weighted by Crippen LogP contribution is -2.63. The molecule has 0 aromatic heterocycles. The van der Waals surface area contributed by atoms with Crippen LogP contribution in [0.25, 0.3) is 0 Å². The molecule has 23 heavy (non-hydrogen) atoms. The molecule has 0 unspecified atom stereocenters. The minimum Gasteiger partial charge on any atom is -0.394 e. The van der Waals surface area contributed by atoms with E-state index in [9.17, 15) is 30.6 Å². The predicted octanol–water partition coefficient (Wildman–Crippen LogP) is -5.40. The highest BCUT2D eigenvalue weighted by molar-refractivity contribution is 4.92.